The van der Waals surface area contributed by atoms with Crippen LogP contribution in [-0.2, 0) is 5.41 Å². The van der Waals surface area contributed by atoms with Crippen LogP contribution in [0.2, 0.25) is 0 Å². The molecule has 3 heterocycles. The second-order valence-electron chi connectivity index (χ2n) is 16.6. The first-order valence-corrected chi connectivity index (χ1v) is 21.3. The summed E-state index contributed by atoms with van der Waals surface area (Å²) >= 11 is 0. The van der Waals surface area contributed by atoms with Gasteiger partial charge in [-0.05, 0) is 89.0 Å². The Morgan fingerprint density at radius 2 is 0.762 bits per heavy atom. The lowest BCUT2D eigenvalue weighted by Gasteiger charge is -2.21. The van der Waals surface area contributed by atoms with E-state index in [1.165, 1.54) is 22.3 Å². The van der Waals surface area contributed by atoms with Crippen molar-refractivity contribution in [3.05, 3.63) is 211 Å². The largest absolute Gasteiger partial charge is 0.292 e. The van der Waals surface area contributed by atoms with E-state index in [0.29, 0.717) is 17.5 Å². The van der Waals surface area contributed by atoms with Crippen LogP contribution in [0.25, 0.3) is 102 Å². The first kappa shape index (κ1) is 36.6. The molecule has 63 heavy (non-hydrogen) atoms. The molecular formula is C56H39N7. The van der Waals surface area contributed by atoms with E-state index in [1.807, 2.05) is 24.3 Å². The summed E-state index contributed by atoms with van der Waals surface area (Å²) in [6.45, 7) is 4.60. The first-order valence-electron chi connectivity index (χ1n) is 21.3. The van der Waals surface area contributed by atoms with Gasteiger partial charge in [-0.15, -0.1) is 0 Å². The van der Waals surface area contributed by atoms with Crippen molar-refractivity contribution in [2.75, 3.05) is 0 Å². The smallest absolute Gasteiger partial charge is 0.164 e. The monoisotopic (exact) mass is 809 g/mol. The van der Waals surface area contributed by atoms with Crippen LogP contribution in [0.15, 0.2) is 200 Å². The highest BCUT2D eigenvalue weighted by Gasteiger charge is 2.35. The van der Waals surface area contributed by atoms with Crippen LogP contribution in [0, 0.1) is 0 Å². The molecule has 0 atom stereocenters. The third kappa shape index (κ3) is 6.08. The van der Waals surface area contributed by atoms with Gasteiger partial charge in [-0.3, -0.25) is 9.13 Å². The van der Waals surface area contributed by atoms with E-state index in [9.17, 15) is 0 Å². The first-order chi connectivity index (χ1) is 31.0. The van der Waals surface area contributed by atoms with E-state index in [1.54, 1.807) is 0 Å². The summed E-state index contributed by atoms with van der Waals surface area (Å²) in [5.74, 6) is 3.43. The Bertz CT molecular complexity index is 3370. The van der Waals surface area contributed by atoms with Crippen LogP contribution < -0.4 is 0 Å². The Hall–Kier alpha value is -8.29. The van der Waals surface area contributed by atoms with Gasteiger partial charge >= 0.3 is 0 Å². The average Bonchev–Trinajstić information content (AvgIpc) is 4.00. The summed E-state index contributed by atoms with van der Waals surface area (Å²) in [6.07, 6.45) is 0. The fourth-order valence-corrected chi connectivity index (χ4v) is 9.32. The van der Waals surface area contributed by atoms with Gasteiger partial charge < -0.3 is 0 Å². The second-order valence-corrected chi connectivity index (χ2v) is 16.6. The Morgan fingerprint density at radius 3 is 1.30 bits per heavy atom. The quantitative estimate of drug-likeness (QED) is 0.160. The zero-order valence-corrected chi connectivity index (χ0v) is 34.7. The third-order valence-electron chi connectivity index (χ3n) is 12.4. The van der Waals surface area contributed by atoms with Gasteiger partial charge in [-0.25, -0.2) is 24.9 Å². The Labute approximate surface area is 364 Å². The summed E-state index contributed by atoms with van der Waals surface area (Å²) < 4.78 is 4.44. The number of fused-ring (bicyclic) bond motifs is 5. The molecule has 0 spiro atoms. The topological polar surface area (TPSA) is 74.3 Å². The van der Waals surface area contributed by atoms with Gasteiger partial charge in [-0.1, -0.05) is 147 Å². The maximum atomic E-state index is 5.28. The molecule has 8 aromatic carbocycles. The second kappa shape index (κ2) is 14.4. The van der Waals surface area contributed by atoms with Gasteiger partial charge in [0.05, 0.1) is 22.1 Å². The highest BCUT2D eigenvalue weighted by Crippen LogP contribution is 2.49. The molecule has 1 aliphatic rings. The summed E-state index contributed by atoms with van der Waals surface area (Å²) in [5, 5.41) is 0. The third-order valence-corrected chi connectivity index (χ3v) is 12.4. The van der Waals surface area contributed by atoms with Gasteiger partial charge in [0, 0.05) is 44.6 Å². The van der Waals surface area contributed by atoms with Gasteiger partial charge in [-0.2, -0.15) is 0 Å². The molecule has 12 rings (SSSR count). The lowest BCUT2D eigenvalue weighted by atomic mass is 9.82. The van der Waals surface area contributed by atoms with Gasteiger partial charge in [0.1, 0.15) is 11.6 Å². The number of para-hydroxylation sites is 6. The van der Waals surface area contributed by atoms with Crippen molar-refractivity contribution in [3.8, 4) is 79.4 Å². The molecule has 1 aliphatic carbocycles. The van der Waals surface area contributed by atoms with Crippen molar-refractivity contribution in [1.82, 2.24) is 34.1 Å². The Kier molecular flexibility index (Phi) is 8.37. The summed E-state index contributed by atoms with van der Waals surface area (Å²) in [4.78, 5) is 26.2. The molecule has 3 aromatic heterocycles. The van der Waals surface area contributed by atoms with Crippen molar-refractivity contribution >= 4 is 22.1 Å². The number of nitrogens with zero attached hydrogens (tertiary/aromatic N) is 7. The van der Waals surface area contributed by atoms with Crippen LogP contribution >= 0.6 is 0 Å². The molecule has 0 radical (unpaired) electrons. The minimum absolute atomic E-state index is 0.183. The number of hydrogen-bond donors (Lipinski definition) is 0. The standard InChI is InChI=1S/C56H39N7/c1-56(2)45-26-10-9-25-43(45)44-32-31-38(35-46(44)56)53-60-51(36-17-15-19-39(33-36)54-57-47-27-11-13-29-49(47)62(54)41-21-5-3-6-22-41)59-52(61-53)37-18-16-20-40(34-37)55-58-48-28-12-14-30-50(48)63(55)42-23-7-4-8-24-42/h3-35H,1-2H3. The SMILES string of the molecule is CC1(C)c2ccccc2-c2ccc(-c3nc(-c4cccc(-c5nc6ccccc6n5-c5ccccc5)c4)nc(-c4cccc(-c5nc6ccccc6n5-c5ccccc5)c4)n3)cc21. The van der Waals surface area contributed by atoms with Crippen LogP contribution in [0.4, 0.5) is 0 Å². The van der Waals surface area contributed by atoms with Gasteiger partial charge in [0.25, 0.3) is 0 Å². The van der Waals surface area contributed by atoms with Crippen molar-refractivity contribution in [2.24, 2.45) is 0 Å². The lowest BCUT2D eigenvalue weighted by molar-refractivity contribution is 0.660. The molecule has 7 nitrogen and oxygen atoms in total. The zero-order chi connectivity index (χ0) is 42.1. The van der Waals surface area contributed by atoms with E-state index >= 15 is 0 Å². The number of rotatable bonds is 7. The number of aromatic nitrogens is 7. The van der Waals surface area contributed by atoms with Crippen molar-refractivity contribution in [2.45, 2.75) is 19.3 Å². The molecule has 0 saturated carbocycles. The number of hydrogen-bond acceptors (Lipinski definition) is 5. The van der Waals surface area contributed by atoms with Crippen molar-refractivity contribution < 1.29 is 0 Å². The maximum absolute atomic E-state index is 5.28. The van der Waals surface area contributed by atoms with Crippen LogP contribution in [-0.4, -0.2) is 34.1 Å². The summed E-state index contributed by atoms with van der Waals surface area (Å²) in [5.41, 5.74) is 15.5. The van der Waals surface area contributed by atoms with Crippen molar-refractivity contribution in [1.29, 1.82) is 0 Å². The van der Waals surface area contributed by atoms with Gasteiger partial charge in [0.2, 0.25) is 0 Å². The van der Waals surface area contributed by atoms with Crippen molar-refractivity contribution in [3.63, 3.8) is 0 Å². The lowest BCUT2D eigenvalue weighted by Crippen LogP contribution is -2.15. The molecule has 11 aromatic rings. The molecule has 0 bridgehead atoms. The summed E-state index contributed by atoms with van der Waals surface area (Å²) in [7, 11) is 0. The fourth-order valence-electron chi connectivity index (χ4n) is 9.32. The van der Waals surface area contributed by atoms with Crippen LogP contribution in [0.1, 0.15) is 25.0 Å². The predicted molar refractivity (Wildman–Crippen MR) is 254 cm³/mol. The Morgan fingerprint density at radius 1 is 0.333 bits per heavy atom. The van der Waals surface area contributed by atoms with Crippen LogP contribution in [0.3, 0.4) is 0 Å². The van der Waals surface area contributed by atoms with E-state index in [-0.39, 0.29) is 5.41 Å². The van der Waals surface area contributed by atoms with Gasteiger partial charge in [0.15, 0.2) is 17.5 Å². The number of benzene rings is 8. The molecule has 0 fully saturated rings. The van der Waals surface area contributed by atoms with E-state index in [0.717, 1.165) is 72.9 Å². The predicted octanol–water partition coefficient (Wildman–Crippen LogP) is 13.2. The minimum Gasteiger partial charge on any atom is -0.292 e. The zero-order valence-electron chi connectivity index (χ0n) is 34.7. The number of imidazole rings is 2. The van der Waals surface area contributed by atoms with E-state index in [4.69, 9.17) is 24.9 Å². The molecular weight excluding hydrogens is 771 g/mol. The molecule has 7 heteroatoms. The molecule has 0 unspecified atom stereocenters. The maximum Gasteiger partial charge on any atom is 0.164 e. The molecule has 0 amide bonds. The summed E-state index contributed by atoms with van der Waals surface area (Å²) in [6, 6.07) is 69.4. The van der Waals surface area contributed by atoms with E-state index in [2.05, 4.69) is 199 Å². The minimum atomic E-state index is -0.183. The highest BCUT2D eigenvalue weighted by molar-refractivity contribution is 5.87. The van der Waals surface area contributed by atoms with E-state index < -0.39 is 0 Å². The fraction of sp³-hybridized carbons (Fsp3) is 0.0536. The molecule has 0 N–H and O–H groups in total. The average molecular weight is 810 g/mol. The normalized spacial score (nSPS) is 12.7. The molecule has 0 aliphatic heterocycles. The molecule has 298 valence electrons. The molecule has 0 saturated heterocycles. The van der Waals surface area contributed by atoms with Crippen LogP contribution in [0.5, 0.6) is 0 Å². The Balaban J connectivity index is 1.04. The highest BCUT2D eigenvalue weighted by atomic mass is 15.1.